The van der Waals surface area contributed by atoms with Gasteiger partial charge in [0.2, 0.25) is 10.0 Å². The van der Waals surface area contributed by atoms with Gasteiger partial charge >= 0.3 is 0 Å². The Morgan fingerprint density at radius 2 is 1.88 bits per heavy atom. The van der Waals surface area contributed by atoms with E-state index in [0.29, 0.717) is 31.7 Å². The molecule has 7 heteroatoms. The van der Waals surface area contributed by atoms with Crippen molar-refractivity contribution in [2.75, 3.05) is 26.2 Å². The Hall–Kier alpha value is -2.27. The molecule has 0 atom stereocenters. The maximum Gasteiger partial charge on any atom is 0.243 e. The second-order valence-corrected chi connectivity index (χ2v) is 7.58. The van der Waals surface area contributed by atoms with Gasteiger partial charge in [-0.15, -0.1) is 0 Å². The zero-order valence-corrected chi connectivity index (χ0v) is 14.0. The van der Waals surface area contributed by atoms with Gasteiger partial charge in [0.1, 0.15) is 0 Å². The van der Waals surface area contributed by atoms with E-state index >= 15 is 0 Å². The molecule has 2 heterocycles. The Bertz CT molecular complexity index is 838. The van der Waals surface area contributed by atoms with Crippen LogP contribution in [-0.2, 0) is 16.6 Å². The van der Waals surface area contributed by atoms with E-state index in [9.17, 15) is 8.42 Å². The topological polar surface area (TPSA) is 77.3 Å². The van der Waals surface area contributed by atoms with Crippen molar-refractivity contribution in [1.29, 1.82) is 5.26 Å². The van der Waals surface area contributed by atoms with Gasteiger partial charge in [-0.3, -0.25) is 9.88 Å². The lowest BCUT2D eigenvalue weighted by molar-refractivity contribution is 0.180. The molecule has 0 unspecified atom stereocenters. The molecular formula is C17H18N4O2S. The van der Waals surface area contributed by atoms with Gasteiger partial charge in [0.25, 0.3) is 0 Å². The number of hydrogen-bond donors (Lipinski definition) is 0. The highest BCUT2D eigenvalue weighted by atomic mass is 32.2. The highest BCUT2D eigenvalue weighted by Gasteiger charge is 2.28. The molecule has 2 aromatic rings. The third kappa shape index (κ3) is 3.62. The summed E-state index contributed by atoms with van der Waals surface area (Å²) in [7, 11) is -3.55. The monoisotopic (exact) mass is 342 g/mol. The fourth-order valence-corrected chi connectivity index (χ4v) is 4.19. The summed E-state index contributed by atoms with van der Waals surface area (Å²) in [6.07, 6.45) is 1.76. The maximum atomic E-state index is 12.7. The number of sulfonamides is 1. The number of nitriles is 1. The molecule has 0 N–H and O–H groups in total. The zero-order valence-electron chi connectivity index (χ0n) is 13.2. The molecule has 0 aliphatic carbocycles. The number of piperazine rings is 1. The predicted octanol–water partition coefficient (Wildman–Crippen LogP) is 1.46. The largest absolute Gasteiger partial charge is 0.295 e. The van der Waals surface area contributed by atoms with Crippen molar-refractivity contribution >= 4 is 10.0 Å². The minimum atomic E-state index is -3.55. The van der Waals surface area contributed by atoms with Crippen LogP contribution in [0.5, 0.6) is 0 Å². The Balaban J connectivity index is 1.66. The Morgan fingerprint density at radius 3 is 2.54 bits per heavy atom. The summed E-state index contributed by atoms with van der Waals surface area (Å²) in [5.41, 5.74) is 1.33. The second kappa shape index (κ2) is 7.09. The summed E-state index contributed by atoms with van der Waals surface area (Å²) in [6, 6.07) is 13.9. The molecule has 0 spiro atoms. The quantitative estimate of drug-likeness (QED) is 0.841. The van der Waals surface area contributed by atoms with Crippen LogP contribution in [0.1, 0.15) is 11.3 Å². The summed E-state index contributed by atoms with van der Waals surface area (Å²) in [6.45, 7) is 2.91. The molecule has 1 aromatic carbocycles. The first-order valence-electron chi connectivity index (χ1n) is 7.72. The predicted molar refractivity (Wildman–Crippen MR) is 89.4 cm³/mol. The minimum absolute atomic E-state index is 0.180. The van der Waals surface area contributed by atoms with Gasteiger partial charge < -0.3 is 0 Å². The van der Waals surface area contributed by atoms with Crippen molar-refractivity contribution in [3.05, 3.63) is 59.9 Å². The third-order valence-corrected chi connectivity index (χ3v) is 5.94. The molecule has 6 nitrogen and oxygen atoms in total. The molecule has 3 rings (SSSR count). The van der Waals surface area contributed by atoms with E-state index in [2.05, 4.69) is 9.88 Å². The van der Waals surface area contributed by atoms with Gasteiger partial charge in [-0.2, -0.15) is 9.57 Å². The van der Waals surface area contributed by atoms with Crippen LogP contribution in [0.2, 0.25) is 0 Å². The minimum Gasteiger partial charge on any atom is -0.295 e. The highest BCUT2D eigenvalue weighted by molar-refractivity contribution is 7.89. The Morgan fingerprint density at radius 1 is 1.08 bits per heavy atom. The van der Waals surface area contributed by atoms with E-state index in [0.717, 1.165) is 12.2 Å². The summed E-state index contributed by atoms with van der Waals surface area (Å²) in [5, 5.41) is 8.94. The van der Waals surface area contributed by atoms with Crippen molar-refractivity contribution in [3.8, 4) is 6.07 Å². The first-order valence-corrected chi connectivity index (χ1v) is 9.16. The van der Waals surface area contributed by atoms with E-state index in [-0.39, 0.29) is 4.90 Å². The number of benzene rings is 1. The zero-order chi connectivity index (χ0) is 17.0. The van der Waals surface area contributed by atoms with Crippen molar-refractivity contribution in [2.24, 2.45) is 0 Å². The van der Waals surface area contributed by atoms with Gasteiger partial charge in [0.05, 0.1) is 22.2 Å². The van der Waals surface area contributed by atoms with Crippen LogP contribution in [0, 0.1) is 11.3 Å². The normalized spacial score (nSPS) is 16.6. The Labute approximate surface area is 142 Å². The van der Waals surface area contributed by atoms with Crippen molar-refractivity contribution in [2.45, 2.75) is 11.4 Å². The average molecular weight is 342 g/mol. The molecule has 24 heavy (non-hydrogen) atoms. The maximum absolute atomic E-state index is 12.7. The van der Waals surface area contributed by atoms with Gasteiger partial charge in [0, 0.05) is 38.9 Å². The Kier molecular flexibility index (Phi) is 4.90. The van der Waals surface area contributed by atoms with Crippen molar-refractivity contribution in [1.82, 2.24) is 14.2 Å². The molecule has 1 aliphatic rings. The lowest BCUT2D eigenvalue weighted by atomic mass is 10.2. The van der Waals surface area contributed by atoms with Crippen molar-refractivity contribution in [3.63, 3.8) is 0 Å². The number of nitrogens with zero attached hydrogens (tertiary/aromatic N) is 4. The SMILES string of the molecule is N#Cc1cccc(S(=O)(=O)N2CCN(Cc3ccccn3)CC2)c1. The van der Waals surface area contributed by atoms with E-state index in [4.69, 9.17) is 5.26 Å². The number of rotatable bonds is 4. The molecule has 0 amide bonds. The summed E-state index contributed by atoms with van der Waals surface area (Å²) in [4.78, 5) is 6.68. The number of pyridine rings is 1. The van der Waals surface area contributed by atoms with Crippen LogP contribution in [0.25, 0.3) is 0 Å². The van der Waals surface area contributed by atoms with Crippen LogP contribution in [-0.4, -0.2) is 48.8 Å². The average Bonchev–Trinajstić information content (AvgIpc) is 2.63. The molecule has 1 aromatic heterocycles. The van der Waals surface area contributed by atoms with Crippen LogP contribution in [0.4, 0.5) is 0 Å². The fourth-order valence-electron chi connectivity index (χ4n) is 2.72. The van der Waals surface area contributed by atoms with Crippen LogP contribution >= 0.6 is 0 Å². The van der Waals surface area contributed by atoms with E-state index in [1.807, 2.05) is 24.3 Å². The standard InChI is InChI=1S/C17H18N4O2S/c18-13-15-4-3-6-17(12-15)24(22,23)21-10-8-20(9-11-21)14-16-5-1-2-7-19-16/h1-7,12H,8-11,14H2. The molecule has 124 valence electrons. The van der Waals surface area contributed by atoms with E-state index in [1.54, 1.807) is 18.3 Å². The van der Waals surface area contributed by atoms with Crippen LogP contribution in [0.3, 0.4) is 0 Å². The van der Waals surface area contributed by atoms with Gasteiger partial charge in [0.15, 0.2) is 0 Å². The molecule has 1 aliphatic heterocycles. The van der Waals surface area contributed by atoms with Crippen LogP contribution in [0.15, 0.2) is 53.6 Å². The summed E-state index contributed by atoms with van der Waals surface area (Å²) >= 11 is 0. The van der Waals surface area contributed by atoms with Gasteiger partial charge in [-0.1, -0.05) is 12.1 Å². The molecule has 1 fully saturated rings. The number of aromatic nitrogens is 1. The third-order valence-electron chi connectivity index (χ3n) is 4.04. The van der Waals surface area contributed by atoms with Gasteiger partial charge in [-0.05, 0) is 30.3 Å². The molecule has 0 bridgehead atoms. The smallest absolute Gasteiger partial charge is 0.243 e. The molecule has 1 saturated heterocycles. The highest BCUT2D eigenvalue weighted by Crippen LogP contribution is 2.19. The van der Waals surface area contributed by atoms with Crippen LogP contribution < -0.4 is 0 Å². The molecule has 0 radical (unpaired) electrons. The number of hydrogen-bond acceptors (Lipinski definition) is 5. The van der Waals surface area contributed by atoms with Gasteiger partial charge in [-0.25, -0.2) is 8.42 Å². The second-order valence-electron chi connectivity index (χ2n) is 5.64. The van der Waals surface area contributed by atoms with E-state index in [1.165, 1.54) is 16.4 Å². The van der Waals surface area contributed by atoms with Crippen molar-refractivity contribution < 1.29 is 8.42 Å². The van der Waals surface area contributed by atoms with E-state index < -0.39 is 10.0 Å². The molecule has 0 saturated carbocycles. The molecular weight excluding hydrogens is 324 g/mol. The lowest BCUT2D eigenvalue weighted by Crippen LogP contribution is -2.48. The fraction of sp³-hybridized carbons (Fsp3) is 0.294. The summed E-state index contributed by atoms with van der Waals surface area (Å²) < 4.78 is 26.9. The summed E-state index contributed by atoms with van der Waals surface area (Å²) in [5.74, 6) is 0. The first kappa shape index (κ1) is 16.6. The lowest BCUT2D eigenvalue weighted by Gasteiger charge is -2.33. The first-order chi connectivity index (χ1) is 11.6.